The number of piperidine rings is 1. The lowest BCUT2D eigenvalue weighted by Gasteiger charge is -2.44. The second kappa shape index (κ2) is 7.92. The third-order valence-electron chi connectivity index (χ3n) is 5.69. The van der Waals surface area contributed by atoms with Crippen molar-refractivity contribution in [2.24, 2.45) is 5.92 Å². The van der Waals surface area contributed by atoms with Gasteiger partial charge in [-0.05, 0) is 49.9 Å². The number of fused-ring (bicyclic) bond motifs is 3. The molecule has 0 saturated carbocycles. The maximum absolute atomic E-state index is 12.9. The molecule has 142 valence electrons. The van der Waals surface area contributed by atoms with Gasteiger partial charge >= 0.3 is 0 Å². The fraction of sp³-hybridized carbons (Fsp3) is 0.600. The largest absolute Gasteiger partial charge is 0.493 e. The van der Waals surface area contributed by atoms with Crippen LogP contribution in [0.3, 0.4) is 0 Å². The Bertz CT molecular complexity index is 703. The Morgan fingerprint density at radius 2 is 1.88 bits per heavy atom. The molecule has 2 aliphatic heterocycles. The number of hydrogen-bond acceptors (Lipinski definition) is 5. The number of ether oxygens (including phenoxy) is 2. The van der Waals surface area contributed by atoms with E-state index in [1.807, 2.05) is 18.7 Å². The number of amides is 1. The summed E-state index contributed by atoms with van der Waals surface area (Å²) >= 11 is 5.70. The molecule has 0 N–H and O–H groups in total. The van der Waals surface area contributed by atoms with Crippen molar-refractivity contribution >= 4 is 23.0 Å². The van der Waals surface area contributed by atoms with Crippen LogP contribution in [0.4, 0.5) is 0 Å². The average molecular weight is 377 g/mol. The van der Waals surface area contributed by atoms with Crippen LogP contribution in [0, 0.1) is 5.92 Å². The Morgan fingerprint density at radius 3 is 2.50 bits per heavy atom. The summed E-state index contributed by atoms with van der Waals surface area (Å²) < 4.78 is 10.9. The van der Waals surface area contributed by atoms with Crippen molar-refractivity contribution in [3.05, 3.63) is 23.3 Å². The smallest absolute Gasteiger partial charge is 0.231 e. The Kier molecular flexibility index (Phi) is 5.82. The number of rotatable bonds is 5. The van der Waals surface area contributed by atoms with E-state index in [-0.39, 0.29) is 17.9 Å². The van der Waals surface area contributed by atoms with Crippen LogP contribution < -0.4 is 9.47 Å². The van der Waals surface area contributed by atoms with Gasteiger partial charge in [0.15, 0.2) is 11.5 Å². The summed E-state index contributed by atoms with van der Waals surface area (Å²) in [6.45, 7) is 7.17. The number of carbonyl (C=O) groups excluding carboxylic acids is 1. The molecule has 2 atom stereocenters. The molecule has 26 heavy (non-hydrogen) atoms. The monoisotopic (exact) mass is 376 g/mol. The van der Waals surface area contributed by atoms with Gasteiger partial charge in [-0.15, -0.1) is 0 Å². The molecule has 0 aromatic heterocycles. The quantitative estimate of drug-likeness (QED) is 0.739. The Hall–Kier alpha value is -1.66. The van der Waals surface area contributed by atoms with Gasteiger partial charge in [0.2, 0.25) is 5.91 Å². The predicted octanol–water partition coefficient (Wildman–Crippen LogP) is 2.86. The number of methoxy groups -OCH3 is 2. The van der Waals surface area contributed by atoms with Crippen LogP contribution in [0.15, 0.2) is 12.1 Å². The van der Waals surface area contributed by atoms with Crippen LogP contribution in [0.25, 0.3) is 0 Å². The summed E-state index contributed by atoms with van der Waals surface area (Å²) in [4.78, 5) is 18.0. The molecule has 0 bridgehead atoms. The van der Waals surface area contributed by atoms with E-state index >= 15 is 0 Å². The Labute approximate surface area is 161 Å². The van der Waals surface area contributed by atoms with E-state index in [4.69, 9.17) is 21.7 Å². The molecule has 2 heterocycles. The van der Waals surface area contributed by atoms with Gasteiger partial charge in [0, 0.05) is 37.1 Å². The normalized spacial score (nSPS) is 22.4. The lowest BCUT2D eigenvalue weighted by molar-refractivity contribution is -0.134. The number of thiocarbonyl (C=S) groups is 1. The van der Waals surface area contributed by atoms with E-state index in [2.05, 4.69) is 17.0 Å². The maximum atomic E-state index is 12.9. The minimum absolute atomic E-state index is 0.164. The molecule has 2 unspecified atom stereocenters. The first-order valence-corrected chi connectivity index (χ1v) is 9.75. The van der Waals surface area contributed by atoms with E-state index in [0.29, 0.717) is 6.54 Å². The van der Waals surface area contributed by atoms with Gasteiger partial charge in [-0.25, -0.2) is 0 Å². The first-order chi connectivity index (χ1) is 12.5. The fourth-order valence-electron chi connectivity index (χ4n) is 4.18. The van der Waals surface area contributed by atoms with Crippen molar-refractivity contribution in [2.75, 3.05) is 40.4 Å². The number of benzene rings is 1. The molecule has 1 fully saturated rings. The van der Waals surface area contributed by atoms with Crippen LogP contribution in [-0.4, -0.2) is 61.0 Å². The van der Waals surface area contributed by atoms with Crippen LogP contribution in [-0.2, 0) is 11.2 Å². The zero-order chi connectivity index (χ0) is 18.8. The highest BCUT2D eigenvalue weighted by Gasteiger charge is 2.40. The van der Waals surface area contributed by atoms with Gasteiger partial charge in [-0.2, -0.15) is 0 Å². The summed E-state index contributed by atoms with van der Waals surface area (Å²) in [5.74, 6) is 1.53. The number of nitrogens with zero attached hydrogens (tertiary/aromatic N) is 2. The maximum Gasteiger partial charge on any atom is 0.231 e. The van der Waals surface area contributed by atoms with Crippen LogP contribution in [0.2, 0.25) is 0 Å². The second-order valence-corrected chi connectivity index (χ2v) is 7.42. The summed E-state index contributed by atoms with van der Waals surface area (Å²) in [6, 6.07) is 4.40. The zero-order valence-corrected chi connectivity index (χ0v) is 16.9. The van der Waals surface area contributed by atoms with Gasteiger partial charge in [0.25, 0.3) is 0 Å². The molecule has 1 amide bonds. The SMILES string of the molecule is CCN(CC)C(=O)C1CN2CCc3cc(OC)c(OC)cc3C2CC1=S. The van der Waals surface area contributed by atoms with Gasteiger partial charge < -0.3 is 14.4 Å². The van der Waals surface area contributed by atoms with Crippen molar-refractivity contribution in [1.29, 1.82) is 0 Å². The topological polar surface area (TPSA) is 42.0 Å². The van der Waals surface area contributed by atoms with Gasteiger partial charge in [-0.3, -0.25) is 9.69 Å². The molecular formula is C20H28N2O3S. The Balaban J connectivity index is 1.87. The molecular weight excluding hydrogens is 348 g/mol. The third kappa shape index (κ3) is 3.32. The first kappa shape index (κ1) is 19.1. The zero-order valence-electron chi connectivity index (χ0n) is 16.1. The second-order valence-electron chi connectivity index (χ2n) is 6.90. The highest BCUT2D eigenvalue weighted by molar-refractivity contribution is 7.80. The third-order valence-corrected chi connectivity index (χ3v) is 6.14. The molecule has 3 rings (SSSR count). The summed E-state index contributed by atoms with van der Waals surface area (Å²) in [7, 11) is 3.33. The highest BCUT2D eigenvalue weighted by atomic mass is 32.1. The summed E-state index contributed by atoms with van der Waals surface area (Å²) in [5.41, 5.74) is 2.55. The van der Waals surface area contributed by atoms with Crippen molar-refractivity contribution in [2.45, 2.75) is 32.7 Å². The first-order valence-electron chi connectivity index (χ1n) is 9.34. The van der Waals surface area contributed by atoms with Gasteiger partial charge in [0.05, 0.1) is 20.1 Å². The molecule has 0 radical (unpaired) electrons. The standard InChI is InChI=1S/C20H28N2O3S/c1-5-21(6-2)20(23)15-12-22-8-7-13-9-17(24-3)18(25-4)10-14(13)16(22)11-19(15)26/h9-10,15-16H,5-8,11-12H2,1-4H3. The van der Waals surface area contributed by atoms with E-state index in [0.717, 1.165) is 48.8 Å². The highest BCUT2D eigenvalue weighted by Crippen LogP contribution is 2.42. The number of carbonyl (C=O) groups is 1. The minimum atomic E-state index is -0.164. The minimum Gasteiger partial charge on any atom is -0.493 e. The summed E-state index contributed by atoms with van der Waals surface area (Å²) in [6.07, 6.45) is 1.70. The lowest BCUT2D eigenvalue weighted by Crippen LogP contribution is -2.51. The number of hydrogen-bond donors (Lipinski definition) is 0. The van der Waals surface area contributed by atoms with E-state index in [9.17, 15) is 4.79 Å². The van der Waals surface area contributed by atoms with E-state index in [1.165, 1.54) is 11.1 Å². The van der Waals surface area contributed by atoms with Crippen molar-refractivity contribution in [1.82, 2.24) is 9.80 Å². The van der Waals surface area contributed by atoms with Gasteiger partial charge in [-0.1, -0.05) is 12.2 Å². The summed E-state index contributed by atoms with van der Waals surface area (Å²) in [5, 5.41) is 0. The molecule has 0 spiro atoms. The fourth-order valence-corrected chi connectivity index (χ4v) is 4.51. The molecule has 1 aromatic carbocycles. The Morgan fingerprint density at radius 1 is 1.23 bits per heavy atom. The van der Waals surface area contributed by atoms with Crippen molar-refractivity contribution < 1.29 is 14.3 Å². The van der Waals surface area contributed by atoms with Crippen molar-refractivity contribution in [3.8, 4) is 11.5 Å². The average Bonchev–Trinajstić information content (AvgIpc) is 2.67. The van der Waals surface area contributed by atoms with Crippen LogP contribution >= 0.6 is 12.2 Å². The van der Waals surface area contributed by atoms with E-state index < -0.39 is 0 Å². The van der Waals surface area contributed by atoms with E-state index in [1.54, 1.807) is 14.2 Å². The van der Waals surface area contributed by atoms with Crippen LogP contribution in [0.5, 0.6) is 11.5 Å². The molecule has 2 aliphatic rings. The van der Waals surface area contributed by atoms with Gasteiger partial charge in [0.1, 0.15) is 0 Å². The molecule has 0 aliphatic carbocycles. The molecule has 6 heteroatoms. The van der Waals surface area contributed by atoms with Crippen molar-refractivity contribution in [3.63, 3.8) is 0 Å². The molecule has 1 saturated heterocycles. The van der Waals surface area contributed by atoms with Crippen LogP contribution in [0.1, 0.15) is 37.4 Å². The molecule has 1 aromatic rings. The lowest BCUT2D eigenvalue weighted by atomic mass is 9.82. The molecule has 5 nitrogen and oxygen atoms in total. The predicted molar refractivity (Wildman–Crippen MR) is 106 cm³/mol.